The van der Waals surface area contributed by atoms with E-state index in [1.165, 1.54) is 4.88 Å². The molecule has 0 saturated heterocycles. The van der Waals surface area contributed by atoms with Gasteiger partial charge in [-0.15, -0.1) is 11.3 Å². The molecule has 2 heterocycles. The lowest BCUT2D eigenvalue weighted by molar-refractivity contribution is 0.844. The molecular weight excluding hydrogens is 208 g/mol. The van der Waals surface area contributed by atoms with E-state index >= 15 is 0 Å². The number of nitrogen functional groups attached to an aromatic ring is 1. The lowest BCUT2D eigenvalue weighted by atomic mass is 10.3. The van der Waals surface area contributed by atoms with Crippen LogP contribution in [-0.4, -0.2) is 16.7 Å². The number of rotatable bonds is 4. The van der Waals surface area contributed by atoms with Crippen LogP contribution in [0.3, 0.4) is 0 Å². The molecule has 0 aliphatic carbocycles. The Bertz CT molecular complexity index is 407. The fourth-order valence-corrected chi connectivity index (χ4v) is 2.22. The number of nitrogens with one attached hydrogen (secondary N) is 1. The largest absolute Gasteiger partial charge is 0.382 e. The highest BCUT2D eigenvalue weighted by Crippen LogP contribution is 2.22. The number of aromatic amines is 1. The minimum absolute atomic E-state index is 0.633. The summed E-state index contributed by atoms with van der Waals surface area (Å²) < 4.78 is 0. The first kappa shape index (κ1) is 10.0. The number of hydrogen-bond acceptors (Lipinski definition) is 4. The molecule has 0 saturated carbocycles. The molecule has 4 nitrogen and oxygen atoms in total. The second-order valence-electron chi connectivity index (χ2n) is 3.26. The van der Waals surface area contributed by atoms with Crippen LogP contribution in [-0.2, 0) is 6.54 Å². The molecule has 0 aliphatic heterocycles. The van der Waals surface area contributed by atoms with Gasteiger partial charge in [-0.05, 0) is 18.4 Å². The summed E-state index contributed by atoms with van der Waals surface area (Å²) in [6.45, 7) is 3.92. The van der Waals surface area contributed by atoms with Crippen molar-refractivity contribution < 1.29 is 0 Å². The standard InChI is InChI=1S/C10H14N4S/c1-2-14(7-8-4-3-5-15-8)9-6-12-13-10(9)11/h3-6H,2,7H2,1H3,(H3,11,12,13). The summed E-state index contributed by atoms with van der Waals surface area (Å²) in [6, 6.07) is 4.19. The highest BCUT2D eigenvalue weighted by molar-refractivity contribution is 7.09. The minimum Gasteiger partial charge on any atom is -0.382 e. The minimum atomic E-state index is 0.633. The first-order chi connectivity index (χ1) is 7.31. The quantitative estimate of drug-likeness (QED) is 0.832. The Kier molecular flexibility index (Phi) is 2.91. The molecule has 0 bridgehead atoms. The maximum Gasteiger partial charge on any atom is 0.142 e. The van der Waals surface area contributed by atoms with Crippen molar-refractivity contribution in [1.29, 1.82) is 0 Å². The molecule has 3 N–H and O–H groups in total. The van der Waals surface area contributed by atoms with Crippen molar-refractivity contribution in [3.63, 3.8) is 0 Å². The summed E-state index contributed by atoms with van der Waals surface area (Å²) in [5, 5.41) is 8.77. The van der Waals surface area contributed by atoms with Crippen LogP contribution in [0.15, 0.2) is 23.7 Å². The molecule has 5 heteroatoms. The van der Waals surface area contributed by atoms with Crippen LogP contribution < -0.4 is 10.6 Å². The van der Waals surface area contributed by atoms with Gasteiger partial charge >= 0.3 is 0 Å². The summed E-state index contributed by atoms with van der Waals surface area (Å²) >= 11 is 1.76. The predicted molar refractivity (Wildman–Crippen MR) is 64.0 cm³/mol. The van der Waals surface area contributed by atoms with Crippen molar-refractivity contribution in [2.45, 2.75) is 13.5 Å². The summed E-state index contributed by atoms with van der Waals surface area (Å²) in [5.74, 6) is 0.633. The van der Waals surface area contributed by atoms with Crippen molar-refractivity contribution in [3.05, 3.63) is 28.6 Å². The number of hydrogen-bond donors (Lipinski definition) is 2. The third-order valence-corrected chi connectivity index (χ3v) is 3.16. The number of H-pyrrole nitrogens is 1. The van der Waals surface area contributed by atoms with Gasteiger partial charge in [-0.2, -0.15) is 5.10 Å². The number of nitrogens with zero attached hydrogens (tertiary/aromatic N) is 2. The number of anilines is 2. The van der Waals surface area contributed by atoms with Crippen LogP contribution >= 0.6 is 11.3 Å². The molecular formula is C10H14N4S. The van der Waals surface area contributed by atoms with E-state index in [9.17, 15) is 0 Å². The second-order valence-corrected chi connectivity index (χ2v) is 4.29. The van der Waals surface area contributed by atoms with Gasteiger partial charge in [0.1, 0.15) is 5.82 Å². The van der Waals surface area contributed by atoms with Gasteiger partial charge < -0.3 is 10.6 Å². The molecule has 2 aromatic rings. The summed E-state index contributed by atoms with van der Waals surface area (Å²) in [4.78, 5) is 3.53. The molecule has 0 amide bonds. The Morgan fingerprint density at radius 3 is 3.00 bits per heavy atom. The van der Waals surface area contributed by atoms with Gasteiger partial charge in [-0.25, -0.2) is 0 Å². The van der Waals surface area contributed by atoms with Crippen molar-refractivity contribution in [3.8, 4) is 0 Å². The average Bonchev–Trinajstić information content (AvgIpc) is 2.85. The molecule has 15 heavy (non-hydrogen) atoms. The SMILES string of the molecule is CCN(Cc1cccs1)c1cn[nH]c1N. The maximum atomic E-state index is 5.79. The Hall–Kier alpha value is -1.49. The average molecular weight is 222 g/mol. The molecule has 0 radical (unpaired) electrons. The molecule has 0 spiro atoms. The first-order valence-corrected chi connectivity index (χ1v) is 5.75. The maximum absolute atomic E-state index is 5.79. The molecule has 0 unspecified atom stereocenters. The van der Waals surface area contributed by atoms with Gasteiger partial charge in [0.25, 0.3) is 0 Å². The van der Waals surface area contributed by atoms with Crippen LogP contribution in [0.5, 0.6) is 0 Å². The Labute approximate surface area is 92.7 Å². The van der Waals surface area contributed by atoms with Crippen LogP contribution in [0.4, 0.5) is 11.5 Å². The summed E-state index contributed by atoms with van der Waals surface area (Å²) in [6.07, 6.45) is 1.77. The van der Waals surface area contributed by atoms with Crippen molar-refractivity contribution in [2.75, 3.05) is 17.2 Å². The van der Waals surface area contributed by atoms with Crippen LogP contribution in [0, 0.1) is 0 Å². The molecule has 2 rings (SSSR count). The monoisotopic (exact) mass is 222 g/mol. The number of aromatic nitrogens is 2. The lowest BCUT2D eigenvalue weighted by Crippen LogP contribution is -2.21. The van der Waals surface area contributed by atoms with E-state index in [0.29, 0.717) is 5.82 Å². The van der Waals surface area contributed by atoms with Gasteiger partial charge in [0.05, 0.1) is 18.4 Å². The van der Waals surface area contributed by atoms with Crippen molar-refractivity contribution in [2.24, 2.45) is 0 Å². The second kappa shape index (κ2) is 4.35. The molecule has 0 aliphatic rings. The van der Waals surface area contributed by atoms with E-state index in [4.69, 9.17) is 5.73 Å². The number of nitrogens with two attached hydrogens (primary N) is 1. The van der Waals surface area contributed by atoms with Gasteiger partial charge in [0.2, 0.25) is 0 Å². The van der Waals surface area contributed by atoms with Crippen LogP contribution in [0.25, 0.3) is 0 Å². The van der Waals surface area contributed by atoms with E-state index < -0.39 is 0 Å². The predicted octanol–water partition coefficient (Wildman–Crippen LogP) is 2.08. The van der Waals surface area contributed by atoms with Crippen molar-refractivity contribution in [1.82, 2.24) is 10.2 Å². The normalized spacial score (nSPS) is 10.5. The van der Waals surface area contributed by atoms with Crippen LogP contribution in [0.2, 0.25) is 0 Å². The Balaban J connectivity index is 2.15. The highest BCUT2D eigenvalue weighted by Gasteiger charge is 2.10. The zero-order chi connectivity index (χ0) is 10.7. The molecule has 80 valence electrons. The topological polar surface area (TPSA) is 57.9 Å². The van der Waals surface area contributed by atoms with Crippen LogP contribution in [0.1, 0.15) is 11.8 Å². The van der Waals surface area contributed by atoms with Gasteiger partial charge in [0, 0.05) is 11.4 Å². The highest BCUT2D eigenvalue weighted by atomic mass is 32.1. The fraction of sp³-hybridized carbons (Fsp3) is 0.300. The van der Waals surface area contributed by atoms with Gasteiger partial charge in [-0.3, -0.25) is 5.10 Å². The molecule has 0 atom stereocenters. The third-order valence-electron chi connectivity index (χ3n) is 2.30. The number of thiophene rings is 1. The Morgan fingerprint density at radius 1 is 1.60 bits per heavy atom. The fourth-order valence-electron chi connectivity index (χ4n) is 1.50. The molecule has 0 aromatic carbocycles. The molecule has 0 fully saturated rings. The first-order valence-electron chi connectivity index (χ1n) is 4.87. The van der Waals surface area contributed by atoms with E-state index in [-0.39, 0.29) is 0 Å². The Morgan fingerprint density at radius 2 is 2.47 bits per heavy atom. The zero-order valence-electron chi connectivity index (χ0n) is 8.60. The van der Waals surface area contributed by atoms with E-state index in [1.807, 2.05) is 0 Å². The van der Waals surface area contributed by atoms with Crippen molar-refractivity contribution >= 4 is 22.8 Å². The summed E-state index contributed by atoms with van der Waals surface area (Å²) in [7, 11) is 0. The van der Waals surface area contributed by atoms with E-state index in [0.717, 1.165) is 18.8 Å². The van der Waals surface area contributed by atoms with Gasteiger partial charge in [0.15, 0.2) is 0 Å². The van der Waals surface area contributed by atoms with Gasteiger partial charge in [-0.1, -0.05) is 6.07 Å². The zero-order valence-corrected chi connectivity index (χ0v) is 9.42. The smallest absolute Gasteiger partial charge is 0.142 e. The van der Waals surface area contributed by atoms with E-state index in [1.54, 1.807) is 17.5 Å². The third kappa shape index (κ3) is 2.12. The van der Waals surface area contributed by atoms with E-state index in [2.05, 4.69) is 39.5 Å². The summed E-state index contributed by atoms with van der Waals surface area (Å²) in [5.41, 5.74) is 6.77. The lowest BCUT2D eigenvalue weighted by Gasteiger charge is -2.20. The molecule has 2 aromatic heterocycles.